The zero-order chi connectivity index (χ0) is 40.3. The van der Waals surface area contributed by atoms with Gasteiger partial charge >= 0.3 is 5.97 Å². The molecule has 3 atom stereocenters. The maximum Gasteiger partial charge on any atom is 0.306 e. The Hall–Kier alpha value is -1.40. The molecule has 55 heavy (non-hydrogen) atoms. The van der Waals surface area contributed by atoms with Crippen molar-refractivity contribution in [2.75, 3.05) is 6.61 Å². The molecule has 6 nitrogen and oxygen atoms in total. The van der Waals surface area contributed by atoms with E-state index in [2.05, 4.69) is 38.2 Å². The normalized spacial score (nSPS) is 13.3. The van der Waals surface area contributed by atoms with Crippen molar-refractivity contribution in [1.29, 1.82) is 0 Å². The van der Waals surface area contributed by atoms with Crippen molar-refractivity contribution in [2.24, 2.45) is 0 Å². The number of aliphatic hydroxyl groups excluding tert-OH is 2. The van der Waals surface area contributed by atoms with Crippen LogP contribution in [0.4, 0.5) is 0 Å². The Morgan fingerprint density at radius 1 is 0.509 bits per heavy atom. The third-order valence-corrected chi connectivity index (χ3v) is 11.3. The topological polar surface area (TPSA) is 95.9 Å². The van der Waals surface area contributed by atoms with Crippen molar-refractivity contribution in [3.05, 3.63) is 12.2 Å². The Bertz CT molecular complexity index is 832. The van der Waals surface area contributed by atoms with Gasteiger partial charge in [0, 0.05) is 6.42 Å². The summed E-state index contributed by atoms with van der Waals surface area (Å²) in [5, 5.41) is 23.6. The van der Waals surface area contributed by atoms with Crippen molar-refractivity contribution in [2.45, 2.75) is 283 Å². The van der Waals surface area contributed by atoms with Crippen LogP contribution in [0.15, 0.2) is 12.2 Å². The fourth-order valence-electron chi connectivity index (χ4n) is 7.60. The lowest BCUT2D eigenvalue weighted by Gasteiger charge is -2.24. The van der Waals surface area contributed by atoms with E-state index in [0.29, 0.717) is 19.3 Å². The van der Waals surface area contributed by atoms with E-state index in [4.69, 9.17) is 4.74 Å². The number of unbranched alkanes of at least 4 members (excludes halogenated alkanes) is 30. The van der Waals surface area contributed by atoms with E-state index in [-0.39, 0.29) is 24.9 Å². The first-order valence-electron chi connectivity index (χ1n) is 24.4. The van der Waals surface area contributed by atoms with E-state index in [1.54, 1.807) is 0 Å². The Morgan fingerprint density at radius 2 is 0.873 bits per heavy atom. The SMILES string of the molecule is CCCCCCCCCCC/C=C/CCCCCC(CC(=O)NC(CO)C(O)CCCCCCCCCCC)OC(=O)CCCCCCCCCCCCC. The summed E-state index contributed by atoms with van der Waals surface area (Å²) in [6.45, 7) is 6.46. The van der Waals surface area contributed by atoms with Gasteiger partial charge in [-0.15, -0.1) is 0 Å². The minimum atomic E-state index is -0.783. The minimum Gasteiger partial charge on any atom is -0.462 e. The Balaban J connectivity index is 4.58. The van der Waals surface area contributed by atoms with Gasteiger partial charge in [0.15, 0.2) is 0 Å². The number of rotatable bonds is 44. The van der Waals surface area contributed by atoms with E-state index >= 15 is 0 Å². The molecule has 1 amide bonds. The quantitative estimate of drug-likeness (QED) is 0.0325. The van der Waals surface area contributed by atoms with Gasteiger partial charge in [0.05, 0.1) is 25.2 Å². The highest BCUT2D eigenvalue weighted by Gasteiger charge is 2.24. The molecule has 3 unspecified atom stereocenters. The lowest BCUT2D eigenvalue weighted by Crippen LogP contribution is -2.46. The molecule has 3 N–H and O–H groups in total. The van der Waals surface area contributed by atoms with Crippen molar-refractivity contribution < 1.29 is 24.5 Å². The summed E-state index contributed by atoms with van der Waals surface area (Å²) >= 11 is 0. The van der Waals surface area contributed by atoms with Gasteiger partial charge in [-0.05, 0) is 51.4 Å². The Kier molecular flexibility index (Phi) is 42.6. The number of amides is 1. The van der Waals surface area contributed by atoms with E-state index in [0.717, 1.165) is 64.2 Å². The summed E-state index contributed by atoms with van der Waals surface area (Å²) in [6, 6.07) is -0.698. The van der Waals surface area contributed by atoms with Crippen LogP contribution in [0.2, 0.25) is 0 Å². The van der Waals surface area contributed by atoms with E-state index in [1.807, 2.05) is 0 Å². The van der Waals surface area contributed by atoms with E-state index < -0.39 is 18.2 Å². The molecule has 0 rings (SSSR count). The monoisotopic (exact) mass is 778 g/mol. The molecule has 0 radical (unpaired) electrons. The summed E-state index contributed by atoms with van der Waals surface area (Å²) in [4.78, 5) is 26.0. The number of hydrogen-bond acceptors (Lipinski definition) is 5. The second-order valence-electron chi connectivity index (χ2n) is 16.9. The Labute approximate surface area is 342 Å². The van der Waals surface area contributed by atoms with Crippen molar-refractivity contribution in [1.82, 2.24) is 5.32 Å². The Morgan fingerprint density at radius 3 is 1.31 bits per heavy atom. The molecule has 0 aliphatic heterocycles. The van der Waals surface area contributed by atoms with Gasteiger partial charge in [-0.1, -0.05) is 213 Å². The van der Waals surface area contributed by atoms with Crippen molar-refractivity contribution in [3.63, 3.8) is 0 Å². The molecule has 326 valence electrons. The molecule has 0 aliphatic carbocycles. The molecule has 0 aliphatic rings. The zero-order valence-corrected chi connectivity index (χ0v) is 37.1. The smallest absolute Gasteiger partial charge is 0.306 e. The number of carbonyl (C=O) groups is 2. The number of carbonyl (C=O) groups excluding carboxylic acids is 2. The molecule has 0 bridgehead atoms. The van der Waals surface area contributed by atoms with Gasteiger partial charge in [-0.2, -0.15) is 0 Å². The first kappa shape index (κ1) is 53.6. The van der Waals surface area contributed by atoms with Gasteiger partial charge in [-0.25, -0.2) is 0 Å². The number of aliphatic hydroxyl groups is 2. The van der Waals surface area contributed by atoms with Crippen LogP contribution in [0.25, 0.3) is 0 Å². The highest BCUT2D eigenvalue weighted by Crippen LogP contribution is 2.18. The lowest BCUT2D eigenvalue weighted by atomic mass is 10.0. The molecule has 0 aromatic rings. The average molecular weight is 778 g/mol. The third-order valence-electron chi connectivity index (χ3n) is 11.3. The average Bonchev–Trinajstić information content (AvgIpc) is 3.18. The molecular formula is C49H95NO5. The molecule has 0 spiro atoms. The molecule has 0 aromatic carbocycles. The summed E-state index contributed by atoms with van der Waals surface area (Å²) in [5.74, 6) is -0.477. The first-order chi connectivity index (χ1) is 27.0. The lowest BCUT2D eigenvalue weighted by molar-refractivity contribution is -0.151. The number of esters is 1. The maximum absolute atomic E-state index is 13.1. The van der Waals surface area contributed by atoms with Crippen LogP contribution < -0.4 is 5.32 Å². The minimum absolute atomic E-state index is 0.0733. The van der Waals surface area contributed by atoms with Crippen LogP contribution in [0, 0.1) is 0 Å². The maximum atomic E-state index is 13.1. The highest BCUT2D eigenvalue weighted by molar-refractivity contribution is 5.77. The summed E-state index contributed by atoms with van der Waals surface area (Å²) in [6.07, 6.45) is 47.0. The molecular weight excluding hydrogens is 683 g/mol. The largest absolute Gasteiger partial charge is 0.462 e. The van der Waals surface area contributed by atoms with Crippen molar-refractivity contribution in [3.8, 4) is 0 Å². The van der Waals surface area contributed by atoms with Crippen LogP contribution >= 0.6 is 0 Å². The molecule has 0 saturated heterocycles. The first-order valence-corrected chi connectivity index (χ1v) is 24.4. The second-order valence-corrected chi connectivity index (χ2v) is 16.9. The van der Waals surface area contributed by atoms with E-state index in [9.17, 15) is 19.8 Å². The van der Waals surface area contributed by atoms with Gasteiger partial charge in [-0.3, -0.25) is 9.59 Å². The summed E-state index contributed by atoms with van der Waals surface area (Å²) in [7, 11) is 0. The van der Waals surface area contributed by atoms with Crippen LogP contribution in [0.1, 0.15) is 265 Å². The molecule has 0 heterocycles. The predicted molar refractivity (Wildman–Crippen MR) is 237 cm³/mol. The van der Waals surface area contributed by atoms with Gasteiger partial charge in [0.2, 0.25) is 5.91 Å². The van der Waals surface area contributed by atoms with Crippen LogP contribution in [0.5, 0.6) is 0 Å². The standard InChI is InChI=1S/C49H95NO5/c1-4-7-10-13-16-19-21-22-23-24-25-27-29-31-34-37-40-45(55-49(54)42-39-36-33-30-26-20-17-14-11-8-5-2)43-48(53)50-46(44-51)47(52)41-38-35-32-28-18-15-12-9-6-3/h25,27,45-47,51-52H,4-24,26,28-44H2,1-3H3,(H,50,53)/b27-25+. The molecule has 0 saturated carbocycles. The van der Waals surface area contributed by atoms with Crippen LogP contribution in [-0.2, 0) is 14.3 Å². The summed E-state index contributed by atoms with van der Waals surface area (Å²) in [5.41, 5.74) is 0. The number of allylic oxidation sites excluding steroid dienone is 2. The second kappa shape index (κ2) is 43.7. The van der Waals surface area contributed by atoms with Crippen LogP contribution in [0.3, 0.4) is 0 Å². The van der Waals surface area contributed by atoms with Gasteiger partial charge in [0.1, 0.15) is 6.10 Å². The van der Waals surface area contributed by atoms with Gasteiger partial charge in [0.25, 0.3) is 0 Å². The van der Waals surface area contributed by atoms with E-state index in [1.165, 1.54) is 154 Å². The van der Waals surface area contributed by atoms with Gasteiger partial charge < -0.3 is 20.3 Å². The zero-order valence-electron chi connectivity index (χ0n) is 37.1. The highest BCUT2D eigenvalue weighted by atomic mass is 16.5. The third kappa shape index (κ3) is 39.2. The fraction of sp³-hybridized carbons (Fsp3) is 0.918. The number of hydrogen-bond donors (Lipinski definition) is 3. The molecule has 6 heteroatoms. The van der Waals surface area contributed by atoms with Crippen molar-refractivity contribution >= 4 is 11.9 Å². The number of ether oxygens (including phenoxy) is 1. The fourth-order valence-corrected chi connectivity index (χ4v) is 7.60. The predicted octanol–water partition coefficient (Wildman–Crippen LogP) is 14.2. The number of nitrogens with one attached hydrogen (secondary N) is 1. The molecule has 0 aromatic heterocycles. The van der Waals surface area contributed by atoms with Crippen LogP contribution in [-0.4, -0.2) is 46.9 Å². The summed E-state index contributed by atoms with van der Waals surface area (Å²) < 4.78 is 5.91. The molecule has 0 fully saturated rings.